The number of hydrogen-bond acceptors (Lipinski definition) is 3. The highest BCUT2D eigenvalue weighted by Crippen LogP contribution is 2.53. The zero-order valence-electron chi connectivity index (χ0n) is 12.8. The van der Waals surface area contributed by atoms with Crippen LogP contribution in [0.5, 0.6) is 5.75 Å². The van der Waals surface area contributed by atoms with Crippen molar-refractivity contribution < 1.29 is 9.53 Å². The number of para-hydroxylation sites is 1. The number of urea groups is 1. The molecule has 2 aliphatic rings. The molecule has 1 aromatic rings. The minimum absolute atomic E-state index is 0.0577. The molecule has 1 aliphatic carbocycles. The van der Waals surface area contributed by atoms with E-state index in [9.17, 15) is 4.79 Å². The van der Waals surface area contributed by atoms with Crippen LogP contribution in [0.2, 0.25) is 0 Å². The maximum atomic E-state index is 11.2. The molecule has 1 aromatic carbocycles. The summed E-state index contributed by atoms with van der Waals surface area (Å²) in [5.41, 5.74) is 2.36. The molecule has 3 N–H and O–H groups in total. The average molecular weight is 289 g/mol. The second-order valence-corrected chi connectivity index (χ2v) is 6.21. The van der Waals surface area contributed by atoms with Crippen molar-refractivity contribution in [2.75, 3.05) is 18.9 Å². The molecule has 3 atom stereocenters. The number of hydrogen-bond donors (Lipinski definition) is 3. The Kier molecular flexibility index (Phi) is 3.66. The Morgan fingerprint density at radius 1 is 1.48 bits per heavy atom. The predicted octanol–water partition coefficient (Wildman–Crippen LogP) is 2.51. The van der Waals surface area contributed by atoms with Gasteiger partial charge >= 0.3 is 6.03 Å². The van der Waals surface area contributed by atoms with E-state index >= 15 is 0 Å². The smallest absolute Gasteiger partial charge is 0.314 e. The van der Waals surface area contributed by atoms with Crippen molar-refractivity contribution >= 4 is 11.7 Å². The number of nitrogens with one attached hydrogen (secondary N) is 3. The molecule has 0 bridgehead atoms. The van der Waals surface area contributed by atoms with Gasteiger partial charge in [0.25, 0.3) is 0 Å². The predicted molar refractivity (Wildman–Crippen MR) is 82.6 cm³/mol. The van der Waals surface area contributed by atoms with E-state index in [1.54, 1.807) is 7.05 Å². The van der Waals surface area contributed by atoms with E-state index in [2.05, 4.69) is 48.0 Å². The van der Waals surface area contributed by atoms with Gasteiger partial charge in [0.1, 0.15) is 5.75 Å². The van der Waals surface area contributed by atoms with Crippen molar-refractivity contribution in [3.8, 4) is 5.75 Å². The van der Waals surface area contributed by atoms with Gasteiger partial charge in [-0.25, -0.2) is 4.79 Å². The number of anilines is 1. The molecule has 1 saturated carbocycles. The van der Waals surface area contributed by atoms with Gasteiger partial charge in [-0.1, -0.05) is 26.0 Å². The summed E-state index contributed by atoms with van der Waals surface area (Å²) in [5.74, 6) is 2.43. The number of amides is 2. The van der Waals surface area contributed by atoms with Gasteiger partial charge in [-0.15, -0.1) is 0 Å². The molecule has 1 fully saturated rings. The van der Waals surface area contributed by atoms with Crippen molar-refractivity contribution in [3.63, 3.8) is 0 Å². The third-order valence-electron chi connectivity index (χ3n) is 4.27. The lowest BCUT2D eigenvalue weighted by Gasteiger charge is -2.15. The molecule has 114 valence electrons. The van der Waals surface area contributed by atoms with Crippen molar-refractivity contribution in [1.29, 1.82) is 0 Å². The minimum atomic E-state index is -0.114. The summed E-state index contributed by atoms with van der Waals surface area (Å²) in [6.07, 6.45) is 1.17. The summed E-state index contributed by atoms with van der Waals surface area (Å²) in [6.45, 7) is 5.02. The Morgan fingerprint density at radius 2 is 2.29 bits per heavy atom. The molecule has 0 saturated heterocycles. The Hall–Kier alpha value is -1.91. The molecule has 5 nitrogen and oxygen atoms in total. The lowest BCUT2D eigenvalue weighted by molar-refractivity contribution is 0.197. The Labute approximate surface area is 125 Å². The van der Waals surface area contributed by atoms with Crippen LogP contribution in [0.15, 0.2) is 18.2 Å². The number of fused-ring (bicyclic) bond motifs is 1. The van der Waals surface area contributed by atoms with E-state index < -0.39 is 0 Å². The van der Waals surface area contributed by atoms with Gasteiger partial charge in [-0.2, -0.15) is 0 Å². The van der Waals surface area contributed by atoms with Gasteiger partial charge in [-0.05, 0) is 29.9 Å². The lowest BCUT2D eigenvalue weighted by atomic mass is 10.1. The second kappa shape index (κ2) is 5.47. The molecular weight excluding hydrogens is 266 g/mol. The fourth-order valence-electron chi connectivity index (χ4n) is 2.87. The van der Waals surface area contributed by atoms with Gasteiger partial charge < -0.3 is 20.7 Å². The van der Waals surface area contributed by atoms with E-state index in [1.165, 1.54) is 5.56 Å². The molecular formula is C16H23N3O2. The lowest BCUT2D eigenvalue weighted by Crippen LogP contribution is -2.34. The van der Waals surface area contributed by atoms with Crippen LogP contribution in [0.25, 0.3) is 0 Å². The van der Waals surface area contributed by atoms with Crippen LogP contribution in [0.3, 0.4) is 0 Å². The summed E-state index contributed by atoms with van der Waals surface area (Å²) in [7, 11) is 1.63. The van der Waals surface area contributed by atoms with Crippen LogP contribution in [0, 0.1) is 11.8 Å². The summed E-state index contributed by atoms with van der Waals surface area (Å²) < 4.78 is 6.09. The van der Waals surface area contributed by atoms with Crippen molar-refractivity contribution in [1.82, 2.24) is 10.6 Å². The Bertz CT molecular complexity index is 544. The van der Waals surface area contributed by atoms with Gasteiger partial charge in [0.15, 0.2) is 6.23 Å². The molecule has 1 unspecified atom stereocenters. The number of carbonyl (C=O) groups is 1. The SMILES string of the molecule is CNC(=O)NC[C@@H]1C[C@H]1c1cccc2c1OC(C(C)C)N2. The monoisotopic (exact) mass is 289 g/mol. The number of benzene rings is 1. The van der Waals surface area contributed by atoms with Gasteiger partial charge in [0, 0.05) is 19.5 Å². The van der Waals surface area contributed by atoms with Gasteiger partial charge in [0.2, 0.25) is 0 Å². The normalized spacial score (nSPS) is 25.8. The molecule has 0 spiro atoms. The zero-order valence-corrected chi connectivity index (χ0v) is 12.8. The van der Waals surface area contributed by atoms with Crippen LogP contribution in [-0.4, -0.2) is 25.9 Å². The van der Waals surface area contributed by atoms with Crippen LogP contribution >= 0.6 is 0 Å². The van der Waals surface area contributed by atoms with Crippen molar-refractivity contribution in [2.45, 2.75) is 32.4 Å². The Balaban J connectivity index is 1.67. The van der Waals surface area contributed by atoms with E-state index in [0.717, 1.165) is 24.4 Å². The topological polar surface area (TPSA) is 62.4 Å². The summed E-state index contributed by atoms with van der Waals surface area (Å²) in [5, 5.41) is 8.89. The van der Waals surface area contributed by atoms with Crippen LogP contribution in [0.4, 0.5) is 10.5 Å². The van der Waals surface area contributed by atoms with Crippen molar-refractivity contribution in [3.05, 3.63) is 23.8 Å². The Morgan fingerprint density at radius 3 is 3.00 bits per heavy atom. The molecule has 3 rings (SSSR count). The first-order valence-corrected chi connectivity index (χ1v) is 7.61. The van der Waals surface area contributed by atoms with Crippen LogP contribution < -0.4 is 20.7 Å². The first-order chi connectivity index (χ1) is 10.1. The molecule has 0 aromatic heterocycles. The first-order valence-electron chi connectivity index (χ1n) is 7.61. The average Bonchev–Trinajstić information content (AvgIpc) is 3.10. The third kappa shape index (κ3) is 2.77. The van der Waals surface area contributed by atoms with Gasteiger partial charge in [0.05, 0.1) is 5.69 Å². The van der Waals surface area contributed by atoms with Crippen LogP contribution in [-0.2, 0) is 0 Å². The number of rotatable bonds is 4. The fraction of sp³-hybridized carbons (Fsp3) is 0.562. The molecule has 5 heteroatoms. The maximum Gasteiger partial charge on any atom is 0.314 e. The highest BCUT2D eigenvalue weighted by Gasteiger charge is 2.42. The highest BCUT2D eigenvalue weighted by molar-refractivity contribution is 5.73. The van der Waals surface area contributed by atoms with E-state index in [1.807, 2.05) is 0 Å². The number of carbonyl (C=O) groups excluding carboxylic acids is 1. The first kappa shape index (κ1) is 14.0. The van der Waals surface area contributed by atoms with E-state index in [0.29, 0.717) is 17.8 Å². The van der Waals surface area contributed by atoms with Crippen molar-refractivity contribution in [2.24, 2.45) is 11.8 Å². The molecule has 21 heavy (non-hydrogen) atoms. The highest BCUT2D eigenvalue weighted by atomic mass is 16.5. The quantitative estimate of drug-likeness (QED) is 0.798. The third-order valence-corrected chi connectivity index (χ3v) is 4.27. The summed E-state index contributed by atoms with van der Waals surface area (Å²) in [4.78, 5) is 11.2. The minimum Gasteiger partial charge on any atom is -0.468 e. The molecule has 2 amide bonds. The standard InChI is InChI=1S/C16H23N3O2/c1-9(2)15-19-13-6-4-5-11(14(13)21-15)12-7-10(12)8-18-16(20)17-3/h4-6,9-10,12,15,19H,7-8H2,1-3H3,(H2,17,18,20)/t10-,12+,15?/m0/s1. The molecule has 1 aliphatic heterocycles. The number of ether oxygens (including phenoxy) is 1. The van der Waals surface area contributed by atoms with Gasteiger partial charge in [-0.3, -0.25) is 0 Å². The summed E-state index contributed by atoms with van der Waals surface area (Å²) >= 11 is 0. The summed E-state index contributed by atoms with van der Waals surface area (Å²) in [6, 6.07) is 6.18. The largest absolute Gasteiger partial charge is 0.468 e. The van der Waals surface area contributed by atoms with Crippen LogP contribution in [0.1, 0.15) is 31.7 Å². The van der Waals surface area contributed by atoms with E-state index in [-0.39, 0.29) is 12.3 Å². The fourth-order valence-corrected chi connectivity index (χ4v) is 2.87. The van der Waals surface area contributed by atoms with E-state index in [4.69, 9.17) is 4.74 Å². The molecule has 0 radical (unpaired) electrons. The second-order valence-electron chi connectivity index (χ2n) is 6.21. The molecule has 1 heterocycles. The maximum absolute atomic E-state index is 11.2. The zero-order chi connectivity index (χ0) is 15.0.